The SMILES string of the molecule is CN(CCC(N)=S)C(=O)CCC(F)(F)F. The van der Waals surface area contributed by atoms with E-state index < -0.39 is 24.9 Å². The van der Waals surface area contributed by atoms with Crippen LogP contribution >= 0.6 is 12.2 Å². The third-order valence-electron chi connectivity index (χ3n) is 1.74. The first-order valence-electron chi connectivity index (χ1n) is 4.31. The molecule has 2 N–H and O–H groups in total. The standard InChI is InChI=1S/C8H13F3N2OS/c1-13(5-3-6(12)15)7(14)2-4-8(9,10)11/h2-5H2,1H3,(H2,12,15). The smallest absolute Gasteiger partial charge is 0.389 e. The topological polar surface area (TPSA) is 46.3 Å². The van der Waals surface area contributed by atoms with Crippen molar-refractivity contribution in [2.24, 2.45) is 5.73 Å². The van der Waals surface area contributed by atoms with Crippen molar-refractivity contribution in [3.8, 4) is 0 Å². The van der Waals surface area contributed by atoms with Crippen molar-refractivity contribution in [3.63, 3.8) is 0 Å². The van der Waals surface area contributed by atoms with Gasteiger partial charge in [0, 0.05) is 26.4 Å². The Balaban J connectivity index is 3.84. The first-order valence-corrected chi connectivity index (χ1v) is 4.72. The Hall–Kier alpha value is -0.850. The van der Waals surface area contributed by atoms with Crippen LogP contribution in [0.1, 0.15) is 19.3 Å². The molecule has 0 aromatic heterocycles. The first-order chi connectivity index (χ1) is 6.72. The number of halogens is 3. The normalized spacial score (nSPS) is 11.2. The van der Waals surface area contributed by atoms with Gasteiger partial charge < -0.3 is 10.6 Å². The molecule has 15 heavy (non-hydrogen) atoms. The van der Waals surface area contributed by atoms with E-state index in [4.69, 9.17) is 5.73 Å². The van der Waals surface area contributed by atoms with E-state index in [0.717, 1.165) is 0 Å². The summed E-state index contributed by atoms with van der Waals surface area (Å²) in [5.41, 5.74) is 5.20. The number of nitrogens with zero attached hydrogens (tertiary/aromatic N) is 1. The van der Waals surface area contributed by atoms with Gasteiger partial charge in [0.1, 0.15) is 0 Å². The number of thiocarbonyl (C=S) groups is 1. The zero-order valence-electron chi connectivity index (χ0n) is 8.30. The quantitative estimate of drug-likeness (QED) is 0.742. The summed E-state index contributed by atoms with van der Waals surface area (Å²) in [6, 6.07) is 0. The van der Waals surface area contributed by atoms with Crippen molar-refractivity contribution in [1.82, 2.24) is 4.90 Å². The number of nitrogens with two attached hydrogens (primary N) is 1. The molecule has 88 valence electrons. The molecular weight excluding hydrogens is 229 g/mol. The van der Waals surface area contributed by atoms with Gasteiger partial charge in [-0.1, -0.05) is 12.2 Å². The number of hydrogen-bond donors (Lipinski definition) is 1. The third-order valence-corrected chi connectivity index (χ3v) is 1.95. The zero-order chi connectivity index (χ0) is 12.1. The summed E-state index contributed by atoms with van der Waals surface area (Å²) in [6.07, 6.45) is -5.59. The van der Waals surface area contributed by atoms with E-state index in [1.165, 1.54) is 11.9 Å². The highest BCUT2D eigenvalue weighted by molar-refractivity contribution is 7.80. The highest BCUT2D eigenvalue weighted by Crippen LogP contribution is 2.21. The zero-order valence-corrected chi connectivity index (χ0v) is 9.12. The number of carbonyl (C=O) groups excluding carboxylic acids is 1. The molecule has 0 spiro atoms. The maximum Gasteiger partial charge on any atom is 0.389 e. The Labute approximate surface area is 91.4 Å². The molecule has 0 aromatic rings. The maximum atomic E-state index is 11.8. The molecule has 0 atom stereocenters. The molecule has 0 aliphatic carbocycles. The van der Waals surface area contributed by atoms with Gasteiger partial charge in [-0.15, -0.1) is 0 Å². The minimum absolute atomic E-state index is 0.241. The summed E-state index contributed by atoms with van der Waals surface area (Å²) in [5.74, 6) is -0.552. The number of carbonyl (C=O) groups is 1. The van der Waals surface area contributed by atoms with Gasteiger partial charge in [0.15, 0.2) is 0 Å². The predicted octanol–water partition coefficient (Wildman–Crippen LogP) is 1.46. The summed E-state index contributed by atoms with van der Waals surface area (Å²) in [6.45, 7) is 0.256. The maximum absolute atomic E-state index is 11.8. The highest BCUT2D eigenvalue weighted by atomic mass is 32.1. The van der Waals surface area contributed by atoms with Gasteiger partial charge in [0.05, 0.1) is 11.4 Å². The Morgan fingerprint density at radius 3 is 2.33 bits per heavy atom. The first kappa shape index (κ1) is 14.2. The second kappa shape index (κ2) is 5.89. The van der Waals surface area contributed by atoms with Crippen LogP contribution in [0.2, 0.25) is 0 Å². The minimum atomic E-state index is -4.29. The molecule has 0 aliphatic rings. The summed E-state index contributed by atoms with van der Waals surface area (Å²) in [5, 5.41) is 0. The number of hydrogen-bond acceptors (Lipinski definition) is 2. The molecule has 0 aliphatic heterocycles. The Bertz CT molecular complexity index is 243. The minimum Gasteiger partial charge on any atom is -0.393 e. The van der Waals surface area contributed by atoms with Crippen molar-refractivity contribution in [1.29, 1.82) is 0 Å². The third kappa shape index (κ3) is 8.17. The van der Waals surface area contributed by atoms with E-state index in [9.17, 15) is 18.0 Å². The summed E-state index contributed by atoms with van der Waals surface area (Å²) >= 11 is 4.58. The van der Waals surface area contributed by atoms with Gasteiger partial charge in [0.2, 0.25) is 5.91 Å². The molecule has 0 unspecified atom stereocenters. The molecule has 0 rings (SSSR count). The van der Waals surface area contributed by atoms with Crippen LogP contribution in [0.25, 0.3) is 0 Å². The molecule has 0 bridgehead atoms. The van der Waals surface area contributed by atoms with Crippen molar-refractivity contribution in [2.75, 3.05) is 13.6 Å². The lowest BCUT2D eigenvalue weighted by Crippen LogP contribution is -2.30. The lowest BCUT2D eigenvalue weighted by molar-refractivity contribution is -0.148. The summed E-state index contributed by atoms with van der Waals surface area (Å²) in [4.78, 5) is 12.6. The fraction of sp³-hybridized carbons (Fsp3) is 0.750. The van der Waals surface area contributed by atoms with Crippen LogP contribution in [-0.2, 0) is 4.79 Å². The van der Waals surface area contributed by atoms with Crippen molar-refractivity contribution in [3.05, 3.63) is 0 Å². The van der Waals surface area contributed by atoms with E-state index >= 15 is 0 Å². The molecule has 0 fully saturated rings. The van der Waals surface area contributed by atoms with Gasteiger partial charge in [-0.2, -0.15) is 13.2 Å². The van der Waals surface area contributed by atoms with Gasteiger partial charge in [-0.05, 0) is 0 Å². The monoisotopic (exact) mass is 242 g/mol. The van der Waals surface area contributed by atoms with Crippen molar-refractivity contribution in [2.45, 2.75) is 25.4 Å². The van der Waals surface area contributed by atoms with Crippen molar-refractivity contribution >= 4 is 23.1 Å². The largest absolute Gasteiger partial charge is 0.393 e. The summed E-state index contributed by atoms with van der Waals surface area (Å²) < 4.78 is 35.3. The van der Waals surface area contributed by atoms with E-state index in [2.05, 4.69) is 12.2 Å². The Kier molecular flexibility index (Phi) is 5.56. The number of alkyl halides is 3. The fourth-order valence-corrected chi connectivity index (χ4v) is 0.933. The van der Waals surface area contributed by atoms with E-state index in [1.807, 2.05) is 0 Å². The van der Waals surface area contributed by atoms with Gasteiger partial charge in [0.25, 0.3) is 0 Å². The Morgan fingerprint density at radius 2 is 1.93 bits per heavy atom. The Morgan fingerprint density at radius 1 is 1.40 bits per heavy atom. The average molecular weight is 242 g/mol. The lowest BCUT2D eigenvalue weighted by Gasteiger charge is -2.17. The lowest BCUT2D eigenvalue weighted by atomic mass is 10.2. The highest BCUT2D eigenvalue weighted by Gasteiger charge is 2.28. The molecule has 0 aromatic carbocycles. The molecule has 3 nitrogen and oxygen atoms in total. The molecule has 0 saturated carbocycles. The van der Waals surface area contributed by atoms with Crippen LogP contribution in [0.15, 0.2) is 0 Å². The molecule has 1 amide bonds. The van der Waals surface area contributed by atoms with Gasteiger partial charge in [-0.25, -0.2) is 0 Å². The fourth-order valence-electron chi connectivity index (χ4n) is 0.842. The van der Waals surface area contributed by atoms with E-state index in [0.29, 0.717) is 6.42 Å². The van der Waals surface area contributed by atoms with Crippen LogP contribution in [0, 0.1) is 0 Å². The van der Waals surface area contributed by atoms with Crippen LogP contribution in [0.4, 0.5) is 13.2 Å². The second-order valence-electron chi connectivity index (χ2n) is 3.15. The van der Waals surface area contributed by atoms with Crippen LogP contribution < -0.4 is 5.73 Å². The molecule has 7 heteroatoms. The van der Waals surface area contributed by atoms with E-state index in [1.54, 1.807) is 0 Å². The van der Waals surface area contributed by atoms with Crippen LogP contribution in [0.3, 0.4) is 0 Å². The van der Waals surface area contributed by atoms with Gasteiger partial charge >= 0.3 is 6.18 Å². The van der Waals surface area contributed by atoms with Crippen LogP contribution in [0.5, 0.6) is 0 Å². The average Bonchev–Trinajstić information content (AvgIpc) is 2.08. The summed E-state index contributed by atoms with van der Waals surface area (Å²) in [7, 11) is 1.43. The second-order valence-corrected chi connectivity index (χ2v) is 3.67. The van der Waals surface area contributed by atoms with E-state index in [-0.39, 0.29) is 11.5 Å². The van der Waals surface area contributed by atoms with Crippen LogP contribution in [-0.4, -0.2) is 35.6 Å². The van der Waals surface area contributed by atoms with Gasteiger partial charge in [-0.3, -0.25) is 4.79 Å². The molecular formula is C8H13F3N2OS. The number of rotatable bonds is 5. The molecule has 0 saturated heterocycles. The molecule has 0 radical (unpaired) electrons. The van der Waals surface area contributed by atoms with Crippen molar-refractivity contribution < 1.29 is 18.0 Å². The molecule has 0 heterocycles. The number of amides is 1. The predicted molar refractivity (Wildman–Crippen MR) is 54.3 cm³/mol.